The molecule has 1 aliphatic rings. The highest BCUT2D eigenvalue weighted by molar-refractivity contribution is 4.89. The van der Waals surface area contributed by atoms with Crippen LogP contribution in [0.4, 0.5) is 0 Å². The average Bonchev–Trinajstić information content (AvgIpc) is 2.09. The van der Waals surface area contributed by atoms with Gasteiger partial charge in [-0.3, -0.25) is 0 Å². The Balaban J connectivity index is 2.50. The standard InChI is InChI=1S/C11H22O2/c1-4-13-8-11(12)7-9(2)5-6-10(11)3/h9-10,12H,4-8H2,1-3H3. The van der Waals surface area contributed by atoms with Gasteiger partial charge in [-0.25, -0.2) is 0 Å². The minimum absolute atomic E-state index is 0.384. The molecule has 1 aliphatic carbocycles. The number of aliphatic hydroxyl groups is 1. The van der Waals surface area contributed by atoms with E-state index in [2.05, 4.69) is 13.8 Å². The summed E-state index contributed by atoms with van der Waals surface area (Å²) >= 11 is 0. The highest BCUT2D eigenvalue weighted by atomic mass is 16.5. The van der Waals surface area contributed by atoms with Crippen molar-refractivity contribution in [3.63, 3.8) is 0 Å². The van der Waals surface area contributed by atoms with Gasteiger partial charge in [0.1, 0.15) is 0 Å². The second-order valence-electron chi connectivity index (χ2n) is 4.53. The van der Waals surface area contributed by atoms with Gasteiger partial charge in [-0.2, -0.15) is 0 Å². The molecule has 1 fully saturated rings. The monoisotopic (exact) mass is 186 g/mol. The topological polar surface area (TPSA) is 29.5 Å². The van der Waals surface area contributed by atoms with E-state index in [-0.39, 0.29) is 0 Å². The van der Waals surface area contributed by atoms with Gasteiger partial charge >= 0.3 is 0 Å². The molecule has 1 saturated carbocycles. The minimum atomic E-state index is -0.562. The first-order valence-corrected chi connectivity index (χ1v) is 5.38. The van der Waals surface area contributed by atoms with Gasteiger partial charge < -0.3 is 9.84 Å². The SMILES string of the molecule is CCOCC1(O)CC(C)CCC1C. The summed E-state index contributed by atoms with van der Waals surface area (Å²) in [5.41, 5.74) is -0.562. The second kappa shape index (κ2) is 4.43. The first-order chi connectivity index (χ1) is 6.08. The molecule has 13 heavy (non-hydrogen) atoms. The van der Waals surface area contributed by atoms with Crippen LogP contribution in [0, 0.1) is 11.8 Å². The lowest BCUT2D eigenvalue weighted by atomic mass is 9.72. The van der Waals surface area contributed by atoms with Crippen molar-refractivity contribution in [2.24, 2.45) is 11.8 Å². The van der Waals surface area contributed by atoms with Crippen LogP contribution in [0.25, 0.3) is 0 Å². The Bertz CT molecular complexity index is 158. The first kappa shape index (κ1) is 11.0. The van der Waals surface area contributed by atoms with E-state index in [1.54, 1.807) is 0 Å². The molecule has 0 aromatic carbocycles. The van der Waals surface area contributed by atoms with E-state index in [0.717, 1.165) is 12.8 Å². The van der Waals surface area contributed by atoms with Gasteiger partial charge in [0.15, 0.2) is 0 Å². The van der Waals surface area contributed by atoms with Crippen molar-refractivity contribution in [2.45, 2.75) is 45.6 Å². The average molecular weight is 186 g/mol. The van der Waals surface area contributed by atoms with Gasteiger partial charge in [-0.05, 0) is 31.6 Å². The Morgan fingerprint density at radius 1 is 1.38 bits per heavy atom. The van der Waals surface area contributed by atoms with E-state index in [4.69, 9.17) is 4.74 Å². The van der Waals surface area contributed by atoms with Crippen molar-refractivity contribution in [1.29, 1.82) is 0 Å². The van der Waals surface area contributed by atoms with E-state index < -0.39 is 5.60 Å². The van der Waals surface area contributed by atoms with Gasteiger partial charge in [0.2, 0.25) is 0 Å². The number of hydrogen-bond donors (Lipinski definition) is 1. The smallest absolute Gasteiger partial charge is 0.0907 e. The summed E-state index contributed by atoms with van der Waals surface area (Å²) in [5.74, 6) is 1.02. The molecule has 3 atom stereocenters. The summed E-state index contributed by atoms with van der Waals surface area (Å²) in [5, 5.41) is 10.3. The molecule has 0 amide bonds. The highest BCUT2D eigenvalue weighted by Crippen LogP contribution is 2.36. The third kappa shape index (κ3) is 2.68. The molecule has 2 heteroatoms. The van der Waals surface area contributed by atoms with Crippen molar-refractivity contribution in [2.75, 3.05) is 13.2 Å². The van der Waals surface area contributed by atoms with E-state index in [9.17, 15) is 5.11 Å². The van der Waals surface area contributed by atoms with Crippen molar-refractivity contribution in [1.82, 2.24) is 0 Å². The molecule has 0 aromatic rings. The summed E-state index contributed by atoms with van der Waals surface area (Å²) in [6.45, 7) is 7.52. The molecule has 78 valence electrons. The van der Waals surface area contributed by atoms with Crippen LogP contribution < -0.4 is 0 Å². The fourth-order valence-corrected chi connectivity index (χ4v) is 2.19. The maximum Gasteiger partial charge on any atom is 0.0907 e. The summed E-state index contributed by atoms with van der Waals surface area (Å²) in [6, 6.07) is 0. The third-order valence-corrected chi connectivity index (χ3v) is 3.27. The van der Waals surface area contributed by atoms with E-state index in [1.165, 1.54) is 6.42 Å². The fraction of sp³-hybridized carbons (Fsp3) is 1.00. The predicted octanol–water partition coefficient (Wildman–Crippen LogP) is 2.21. The van der Waals surface area contributed by atoms with Gasteiger partial charge in [-0.15, -0.1) is 0 Å². The Morgan fingerprint density at radius 2 is 2.08 bits per heavy atom. The zero-order chi connectivity index (χ0) is 9.90. The zero-order valence-corrected chi connectivity index (χ0v) is 9.05. The lowest BCUT2D eigenvalue weighted by Crippen LogP contribution is -2.45. The molecule has 0 bridgehead atoms. The van der Waals surface area contributed by atoms with E-state index >= 15 is 0 Å². The van der Waals surface area contributed by atoms with Crippen LogP contribution in [-0.4, -0.2) is 23.9 Å². The maximum atomic E-state index is 10.3. The van der Waals surface area contributed by atoms with E-state index in [0.29, 0.717) is 25.0 Å². The molecule has 1 N–H and O–H groups in total. The first-order valence-electron chi connectivity index (χ1n) is 5.38. The van der Waals surface area contributed by atoms with E-state index in [1.807, 2.05) is 6.92 Å². The molecule has 0 radical (unpaired) electrons. The Hall–Kier alpha value is -0.0800. The Labute approximate surface area is 81.3 Å². The molecule has 0 spiro atoms. The number of ether oxygens (including phenoxy) is 1. The summed E-state index contributed by atoms with van der Waals surface area (Å²) < 4.78 is 5.34. The molecule has 0 aliphatic heterocycles. The summed E-state index contributed by atoms with van der Waals surface area (Å²) in [4.78, 5) is 0. The quantitative estimate of drug-likeness (QED) is 0.732. The summed E-state index contributed by atoms with van der Waals surface area (Å²) in [6.07, 6.45) is 3.27. The lowest BCUT2D eigenvalue weighted by Gasteiger charge is -2.40. The predicted molar refractivity (Wildman–Crippen MR) is 53.6 cm³/mol. The Morgan fingerprint density at radius 3 is 2.69 bits per heavy atom. The van der Waals surface area contributed by atoms with Gasteiger partial charge in [-0.1, -0.05) is 20.3 Å². The molecule has 3 unspecified atom stereocenters. The Kier molecular flexibility index (Phi) is 3.74. The lowest BCUT2D eigenvalue weighted by molar-refractivity contribution is -0.109. The van der Waals surface area contributed by atoms with Crippen molar-refractivity contribution >= 4 is 0 Å². The van der Waals surface area contributed by atoms with Crippen LogP contribution in [0.3, 0.4) is 0 Å². The molecular formula is C11H22O2. The third-order valence-electron chi connectivity index (χ3n) is 3.27. The van der Waals surface area contributed by atoms with Gasteiger partial charge in [0.25, 0.3) is 0 Å². The second-order valence-corrected chi connectivity index (χ2v) is 4.53. The van der Waals surface area contributed by atoms with Gasteiger partial charge in [0.05, 0.1) is 12.2 Å². The molecule has 0 saturated heterocycles. The fourth-order valence-electron chi connectivity index (χ4n) is 2.19. The van der Waals surface area contributed by atoms with Gasteiger partial charge in [0, 0.05) is 6.61 Å². The summed E-state index contributed by atoms with van der Waals surface area (Å²) in [7, 11) is 0. The van der Waals surface area contributed by atoms with Crippen molar-refractivity contribution in [3.8, 4) is 0 Å². The number of rotatable bonds is 3. The molecular weight excluding hydrogens is 164 g/mol. The normalized spacial score (nSPS) is 40.6. The van der Waals surface area contributed by atoms with Crippen LogP contribution in [0.1, 0.15) is 40.0 Å². The molecule has 2 nitrogen and oxygen atoms in total. The molecule has 1 rings (SSSR count). The zero-order valence-electron chi connectivity index (χ0n) is 9.05. The molecule has 0 heterocycles. The largest absolute Gasteiger partial charge is 0.387 e. The maximum absolute atomic E-state index is 10.3. The van der Waals surface area contributed by atoms with Crippen LogP contribution in [-0.2, 0) is 4.74 Å². The van der Waals surface area contributed by atoms with Crippen LogP contribution in [0.15, 0.2) is 0 Å². The van der Waals surface area contributed by atoms with Crippen LogP contribution in [0.5, 0.6) is 0 Å². The van der Waals surface area contributed by atoms with Crippen molar-refractivity contribution in [3.05, 3.63) is 0 Å². The molecule has 0 aromatic heterocycles. The number of hydrogen-bond acceptors (Lipinski definition) is 2. The highest BCUT2D eigenvalue weighted by Gasteiger charge is 2.38. The van der Waals surface area contributed by atoms with Crippen LogP contribution >= 0.6 is 0 Å². The van der Waals surface area contributed by atoms with Crippen molar-refractivity contribution < 1.29 is 9.84 Å². The van der Waals surface area contributed by atoms with Crippen LogP contribution in [0.2, 0.25) is 0 Å². The minimum Gasteiger partial charge on any atom is -0.387 e.